The highest BCUT2D eigenvalue weighted by atomic mass is 32.2. The Bertz CT molecular complexity index is 166. The first kappa shape index (κ1) is 9.38. The standard InChI is InChI=1S/C7H11NOS/c1-3-4-5-10-6-7(2)8-9/h9H,5-6H2,1-2H3/b8-7+. The van der Waals surface area contributed by atoms with Crippen LogP contribution < -0.4 is 0 Å². The summed E-state index contributed by atoms with van der Waals surface area (Å²) in [5.74, 6) is 7.25. The van der Waals surface area contributed by atoms with Gasteiger partial charge in [-0.3, -0.25) is 0 Å². The van der Waals surface area contributed by atoms with E-state index >= 15 is 0 Å². The zero-order valence-corrected chi connectivity index (χ0v) is 7.03. The third kappa shape index (κ3) is 5.52. The maximum atomic E-state index is 8.23. The lowest BCUT2D eigenvalue weighted by Crippen LogP contribution is -1.94. The minimum atomic E-state index is 0.739. The van der Waals surface area contributed by atoms with Crippen LogP contribution in [-0.2, 0) is 0 Å². The van der Waals surface area contributed by atoms with Gasteiger partial charge in [0.05, 0.1) is 11.5 Å². The van der Waals surface area contributed by atoms with Gasteiger partial charge in [-0.15, -0.1) is 17.7 Å². The predicted molar refractivity (Wildman–Crippen MR) is 45.7 cm³/mol. The molecule has 0 saturated carbocycles. The number of rotatable bonds is 3. The highest BCUT2D eigenvalue weighted by molar-refractivity contribution is 8.00. The molecule has 0 unspecified atom stereocenters. The van der Waals surface area contributed by atoms with Crippen molar-refractivity contribution < 1.29 is 5.21 Å². The van der Waals surface area contributed by atoms with E-state index in [1.807, 2.05) is 6.92 Å². The van der Waals surface area contributed by atoms with Crippen molar-refractivity contribution in [3.8, 4) is 11.8 Å². The molecule has 0 aromatic heterocycles. The summed E-state index contributed by atoms with van der Waals surface area (Å²) in [7, 11) is 0. The third-order valence-corrected chi connectivity index (χ3v) is 1.80. The van der Waals surface area contributed by atoms with Crippen molar-refractivity contribution in [1.29, 1.82) is 0 Å². The molecule has 0 aliphatic heterocycles. The number of thioether (sulfide) groups is 1. The summed E-state index contributed by atoms with van der Waals surface area (Å²) < 4.78 is 0. The van der Waals surface area contributed by atoms with Gasteiger partial charge in [-0.25, -0.2) is 0 Å². The summed E-state index contributed by atoms with van der Waals surface area (Å²) in [6, 6.07) is 0. The molecule has 0 saturated heterocycles. The first-order valence-corrected chi connectivity index (χ1v) is 4.11. The van der Waals surface area contributed by atoms with Gasteiger partial charge in [0.2, 0.25) is 0 Å². The molecular weight excluding hydrogens is 146 g/mol. The van der Waals surface area contributed by atoms with Crippen molar-refractivity contribution in [2.75, 3.05) is 11.5 Å². The van der Waals surface area contributed by atoms with Crippen molar-refractivity contribution in [2.45, 2.75) is 13.8 Å². The van der Waals surface area contributed by atoms with Crippen molar-refractivity contribution in [3.05, 3.63) is 0 Å². The van der Waals surface area contributed by atoms with E-state index in [4.69, 9.17) is 5.21 Å². The summed E-state index contributed by atoms with van der Waals surface area (Å²) in [6.45, 7) is 3.60. The summed E-state index contributed by atoms with van der Waals surface area (Å²) in [4.78, 5) is 0. The molecule has 56 valence electrons. The second kappa shape index (κ2) is 6.50. The fraction of sp³-hybridized carbons (Fsp3) is 0.571. The molecule has 0 rings (SSSR count). The topological polar surface area (TPSA) is 32.6 Å². The molecule has 0 amide bonds. The fourth-order valence-corrected chi connectivity index (χ4v) is 1.05. The van der Waals surface area contributed by atoms with Crippen molar-refractivity contribution in [3.63, 3.8) is 0 Å². The van der Waals surface area contributed by atoms with Gasteiger partial charge in [0.25, 0.3) is 0 Å². The van der Waals surface area contributed by atoms with Gasteiger partial charge >= 0.3 is 0 Å². The first-order valence-electron chi connectivity index (χ1n) is 2.96. The van der Waals surface area contributed by atoms with Gasteiger partial charge < -0.3 is 5.21 Å². The van der Waals surface area contributed by atoms with Gasteiger partial charge in [0.1, 0.15) is 0 Å². The molecule has 0 aliphatic carbocycles. The van der Waals surface area contributed by atoms with Gasteiger partial charge in [-0.1, -0.05) is 11.1 Å². The summed E-state index contributed by atoms with van der Waals surface area (Å²) in [6.07, 6.45) is 0. The maximum absolute atomic E-state index is 8.23. The maximum Gasteiger partial charge on any atom is 0.0639 e. The Morgan fingerprint density at radius 2 is 2.40 bits per heavy atom. The lowest BCUT2D eigenvalue weighted by molar-refractivity contribution is 0.318. The second-order valence-corrected chi connectivity index (χ2v) is 2.74. The number of oxime groups is 1. The van der Waals surface area contributed by atoms with Crippen LogP contribution in [-0.4, -0.2) is 22.4 Å². The smallest absolute Gasteiger partial charge is 0.0639 e. The van der Waals surface area contributed by atoms with E-state index in [-0.39, 0.29) is 0 Å². The molecule has 3 heteroatoms. The molecular formula is C7H11NOS. The zero-order valence-electron chi connectivity index (χ0n) is 6.22. The van der Waals surface area contributed by atoms with Crippen LogP contribution in [0.15, 0.2) is 5.16 Å². The Labute approximate surface area is 65.7 Å². The molecule has 0 aromatic rings. The number of hydrogen-bond acceptors (Lipinski definition) is 3. The van der Waals surface area contributed by atoms with Crippen molar-refractivity contribution in [2.24, 2.45) is 5.16 Å². The van der Waals surface area contributed by atoms with E-state index in [1.165, 1.54) is 0 Å². The van der Waals surface area contributed by atoms with E-state index in [9.17, 15) is 0 Å². The third-order valence-electron chi connectivity index (χ3n) is 0.833. The van der Waals surface area contributed by atoms with E-state index in [0.29, 0.717) is 0 Å². The Kier molecular flexibility index (Phi) is 6.10. The van der Waals surface area contributed by atoms with Crippen LogP contribution >= 0.6 is 11.8 Å². The van der Waals surface area contributed by atoms with E-state index in [1.54, 1.807) is 18.7 Å². The van der Waals surface area contributed by atoms with Crippen LogP contribution in [0.5, 0.6) is 0 Å². The Hall–Kier alpha value is -0.620. The van der Waals surface area contributed by atoms with E-state index in [2.05, 4.69) is 17.0 Å². The van der Waals surface area contributed by atoms with Crippen molar-refractivity contribution in [1.82, 2.24) is 0 Å². The van der Waals surface area contributed by atoms with Crippen LogP contribution in [0.25, 0.3) is 0 Å². The van der Waals surface area contributed by atoms with Crippen LogP contribution in [0.3, 0.4) is 0 Å². The summed E-state index contributed by atoms with van der Waals surface area (Å²) in [5.41, 5.74) is 0.739. The monoisotopic (exact) mass is 157 g/mol. The molecule has 0 heterocycles. The normalized spacial score (nSPS) is 10.4. The molecule has 10 heavy (non-hydrogen) atoms. The second-order valence-electron chi connectivity index (χ2n) is 1.75. The summed E-state index contributed by atoms with van der Waals surface area (Å²) in [5, 5.41) is 11.3. The van der Waals surface area contributed by atoms with Gasteiger partial charge in [-0.2, -0.15) is 0 Å². The van der Waals surface area contributed by atoms with E-state index in [0.717, 1.165) is 17.2 Å². The lowest BCUT2D eigenvalue weighted by Gasteiger charge is -1.92. The molecule has 0 aromatic carbocycles. The summed E-state index contributed by atoms with van der Waals surface area (Å²) >= 11 is 1.65. The largest absolute Gasteiger partial charge is 0.411 e. The molecule has 1 N–H and O–H groups in total. The molecule has 0 spiro atoms. The molecule has 0 bridgehead atoms. The Morgan fingerprint density at radius 1 is 1.70 bits per heavy atom. The number of hydrogen-bond donors (Lipinski definition) is 1. The van der Waals surface area contributed by atoms with Crippen LogP contribution in [0.1, 0.15) is 13.8 Å². The highest BCUT2D eigenvalue weighted by Crippen LogP contribution is 1.98. The average molecular weight is 157 g/mol. The Balaban J connectivity index is 3.26. The first-order chi connectivity index (χ1) is 4.81. The quantitative estimate of drug-likeness (QED) is 0.222. The van der Waals surface area contributed by atoms with Crippen molar-refractivity contribution >= 4 is 17.5 Å². The minimum Gasteiger partial charge on any atom is -0.411 e. The van der Waals surface area contributed by atoms with Crippen LogP contribution in [0.4, 0.5) is 0 Å². The predicted octanol–water partition coefficient (Wildman–Crippen LogP) is 1.59. The molecule has 0 fully saturated rings. The number of nitrogens with zero attached hydrogens (tertiary/aromatic N) is 1. The van der Waals surface area contributed by atoms with Gasteiger partial charge in [0.15, 0.2) is 0 Å². The van der Waals surface area contributed by atoms with Gasteiger partial charge in [0, 0.05) is 5.75 Å². The van der Waals surface area contributed by atoms with Crippen LogP contribution in [0, 0.1) is 11.8 Å². The van der Waals surface area contributed by atoms with Gasteiger partial charge in [-0.05, 0) is 13.8 Å². The molecule has 2 nitrogen and oxygen atoms in total. The SMILES string of the molecule is CC#CCSC/C(C)=N/O. The molecule has 0 atom stereocenters. The lowest BCUT2D eigenvalue weighted by atomic mass is 10.5. The fourth-order valence-electron chi connectivity index (χ4n) is 0.351. The molecule has 0 radical (unpaired) electrons. The highest BCUT2D eigenvalue weighted by Gasteiger charge is 1.89. The van der Waals surface area contributed by atoms with E-state index < -0.39 is 0 Å². The van der Waals surface area contributed by atoms with Crippen LogP contribution in [0.2, 0.25) is 0 Å². The Morgan fingerprint density at radius 3 is 2.90 bits per heavy atom. The zero-order chi connectivity index (χ0) is 7.82. The minimum absolute atomic E-state index is 0.739. The molecule has 0 aliphatic rings. The average Bonchev–Trinajstić information content (AvgIpc) is 1.98.